The molecule has 3 aromatic carbocycles. The summed E-state index contributed by atoms with van der Waals surface area (Å²) in [4.78, 5) is 13.2. The molecule has 7 nitrogen and oxygen atoms in total. The number of nitrogens with one attached hydrogen (secondary N) is 3. The van der Waals surface area contributed by atoms with Crippen LogP contribution in [0.25, 0.3) is 10.1 Å². The van der Waals surface area contributed by atoms with Crippen LogP contribution in [0.4, 0.5) is 5.69 Å². The third-order valence-corrected chi connectivity index (χ3v) is 8.28. The average molecular weight is 546 g/mol. The summed E-state index contributed by atoms with van der Waals surface area (Å²) in [7, 11) is -2.12. The number of hydrogen-bond donors (Lipinski definition) is 3. The number of fused-ring (bicyclic) bond motifs is 1. The molecule has 1 heterocycles. The molecular formula is C24H20ClN3O4S3. The molecular weight excluding hydrogens is 526 g/mol. The summed E-state index contributed by atoms with van der Waals surface area (Å²) in [6.07, 6.45) is 0. The summed E-state index contributed by atoms with van der Waals surface area (Å²) in [6, 6.07) is 20.7. The van der Waals surface area contributed by atoms with Crippen LogP contribution in [0.3, 0.4) is 0 Å². The van der Waals surface area contributed by atoms with Gasteiger partial charge in [-0.05, 0) is 60.2 Å². The average Bonchev–Trinajstić information content (AvgIpc) is 3.19. The molecule has 1 amide bonds. The number of rotatable bonds is 7. The van der Waals surface area contributed by atoms with Gasteiger partial charge in [-0.2, -0.15) is 0 Å². The molecule has 4 aromatic rings. The number of methoxy groups -OCH3 is 1. The van der Waals surface area contributed by atoms with E-state index in [-0.39, 0.29) is 16.6 Å². The standard InChI is InChI=1S/C24H20ClN3O4S3/c1-32-17-9-12-19-20(13-17)34-22(21(19)25)23(29)28-24(33)27-16-7-10-18(11-8-16)35(30,31)26-14-15-5-3-2-4-6-15/h2-13,26H,14H2,1H3,(H2,27,28,29,33). The van der Waals surface area contributed by atoms with E-state index in [1.165, 1.54) is 23.5 Å². The van der Waals surface area contributed by atoms with E-state index in [1.54, 1.807) is 31.4 Å². The molecule has 0 radical (unpaired) electrons. The van der Waals surface area contributed by atoms with Gasteiger partial charge in [0.05, 0.1) is 17.0 Å². The van der Waals surface area contributed by atoms with Gasteiger partial charge in [-0.1, -0.05) is 41.9 Å². The van der Waals surface area contributed by atoms with E-state index >= 15 is 0 Å². The van der Waals surface area contributed by atoms with Crippen LogP contribution in [0.15, 0.2) is 77.7 Å². The van der Waals surface area contributed by atoms with Crippen LogP contribution in [0.5, 0.6) is 5.75 Å². The second kappa shape index (κ2) is 10.7. The van der Waals surface area contributed by atoms with Crippen LogP contribution in [0.2, 0.25) is 5.02 Å². The fourth-order valence-electron chi connectivity index (χ4n) is 3.22. The van der Waals surface area contributed by atoms with Crippen molar-refractivity contribution in [3.63, 3.8) is 0 Å². The molecule has 0 aliphatic heterocycles. The SMILES string of the molecule is COc1ccc2c(Cl)c(C(=O)NC(=S)Nc3ccc(S(=O)(=O)NCc4ccccc4)cc3)sc2c1. The predicted octanol–water partition coefficient (Wildman–Crippen LogP) is 5.17. The van der Waals surface area contributed by atoms with E-state index in [0.29, 0.717) is 21.3 Å². The number of sulfonamides is 1. The molecule has 3 N–H and O–H groups in total. The second-order valence-electron chi connectivity index (χ2n) is 7.35. The van der Waals surface area contributed by atoms with Crippen LogP contribution in [0, 0.1) is 0 Å². The molecule has 0 bridgehead atoms. The molecule has 0 aliphatic rings. The molecule has 1 aromatic heterocycles. The van der Waals surface area contributed by atoms with Crippen LogP contribution in [0.1, 0.15) is 15.2 Å². The number of anilines is 1. The van der Waals surface area contributed by atoms with Gasteiger partial charge >= 0.3 is 0 Å². The van der Waals surface area contributed by atoms with Crippen LogP contribution in [-0.2, 0) is 16.6 Å². The van der Waals surface area contributed by atoms with Crippen molar-refractivity contribution in [3.05, 3.63) is 88.3 Å². The summed E-state index contributed by atoms with van der Waals surface area (Å²) in [5.41, 5.74) is 1.37. The molecule has 180 valence electrons. The van der Waals surface area contributed by atoms with Gasteiger partial charge in [-0.25, -0.2) is 13.1 Å². The molecule has 4 rings (SSSR count). The lowest BCUT2D eigenvalue weighted by Crippen LogP contribution is -2.33. The van der Waals surface area contributed by atoms with Gasteiger partial charge in [0.15, 0.2) is 5.11 Å². The third kappa shape index (κ3) is 5.98. The maximum Gasteiger partial charge on any atom is 0.269 e. The van der Waals surface area contributed by atoms with E-state index < -0.39 is 15.9 Å². The molecule has 0 unspecified atom stereocenters. The Morgan fingerprint density at radius 1 is 1.06 bits per heavy atom. The highest BCUT2D eigenvalue weighted by atomic mass is 35.5. The van der Waals surface area contributed by atoms with E-state index in [2.05, 4.69) is 15.4 Å². The van der Waals surface area contributed by atoms with Gasteiger partial charge in [0.25, 0.3) is 5.91 Å². The number of amides is 1. The first-order chi connectivity index (χ1) is 16.8. The quantitative estimate of drug-likeness (QED) is 0.277. The maximum atomic E-state index is 12.7. The minimum absolute atomic E-state index is 0.0545. The number of halogens is 1. The van der Waals surface area contributed by atoms with Crippen molar-refractivity contribution < 1.29 is 17.9 Å². The van der Waals surface area contributed by atoms with Crippen molar-refractivity contribution in [1.82, 2.24) is 10.0 Å². The number of ether oxygens (including phenoxy) is 1. The second-order valence-corrected chi connectivity index (χ2v) is 11.0. The first kappa shape index (κ1) is 25.1. The topological polar surface area (TPSA) is 96.5 Å². The van der Waals surface area contributed by atoms with Crippen molar-refractivity contribution in [3.8, 4) is 5.75 Å². The van der Waals surface area contributed by atoms with Crippen LogP contribution in [-0.4, -0.2) is 26.5 Å². The van der Waals surface area contributed by atoms with Crippen molar-refractivity contribution in [2.75, 3.05) is 12.4 Å². The Morgan fingerprint density at radius 2 is 1.77 bits per heavy atom. The van der Waals surface area contributed by atoms with Gasteiger partial charge in [0.1, 0.15) is 10.6 Å². The van der Waals surface area contributed by atoms with E-state index in [9.17, 15) is 13.2 Å². The number of carbonyl (C=O) groups excluding carboxylic acids is 1. The Morgan fingerprint density at radius 3 is 2.46 bits per heavy atom. The zero-order valence-corrected chi connectivity index (χ0v) is 21.6. The molecule has 0 saturated carbocycles. The number of thiophene rings is 1. The van der Waals surface area contributed by atoms with Crippen molar-refractivity contribution in [1.29, 1.82) is 0 Å². The number of carbonyl (C=O) groups is 1. The molecule has 0 spiro atoms. The highest BCUT2D eigenvalue weighted by Gasteiger charge is 2.19. The summed E-state index contributed by atoms with van der Waals surface area (Å²) in [6.45, 7) is 0.187. The predicted molar refractivity (Wildman–Crippen MR) is 144 cm³/mol. The fraction of sp³-hybridized carbons (Fsp3) is 0.0833. The zero-order valence-electron chi connectivity index (χ0n) is 18.4. The Kier molecular flexibility index (Phi) is 7.68. The molecule has 35 heavy (non-hydrogen) atoms. The van der Waals surface area contributed by atoms with Gasteiger partial charge in [-0.15, -0.1) is 11.3 Å². The molecule has 0 saturated heterocycles. The Balaban J connectivity index is 1.38. The van der Waals surface area contributed by atoms with Crippen molar-refractivity contribution in [2.45, 2.75) is 11.4 Å². The summed E-state index contributed by atoms with van der Waals surface area (Å²) >= 11 is 12.9. The fourth-order valence-corrected chi connectivity index (χ4v) is 5.88. The summed E-state index contributed by atoms with van der Waals surface area (Å²) < 4.78 is 33.7. The Bertz CT molecular complexity index is 1490. The van der Waals surface area contributed by atoms with Crippen molar-refractivity contribution >= 4 is 72.0 Å². The third-order valence-electron chi connectivity index (χ3n) is 5.00. The molecule has 0 aliphatic carbocycles. The van der Waals surface area contributed by atoms with Gasteiger partial charge in [0.2, 0.25) is 10.0 Å². The number of hydrogen-bond acceptors (Lipinski definition) is 6. The van der Waals surface area contributed by atoms with Crippen molar-refractivity contribution in [2.24, 2.45) is 0 Å². The molecule has 0 fully saturated rings. The minimum atomic E-state index is -3.68. The Hall–Kier alpha value is -3.02. The largest absolute Gasteiger partial charge is 0.497 e. The lowest BCUT2D eigenvalue weighted by atomic mass is 10.2. The first-order valence-electron chi connectivity index (χ1n) is 10.3. The van der Waals surface area contributed by atoms with Gasteiger partial charge in [0, 0.05) is 22.3 Å². The molecule has 11 heteroatoms. The normalized spacial score (nSPS) is 11.3. The lowest BCUT2D eigenvalue weighted by Gasteiger charge is -2.11. The van der Waals surface area contributed by atoms with E-state index in [1.807, 2.05) is 36.4 Å². The van der Waals surface area contributed by atoms with E-state index in [0.717, 1.165) is 15.6 Å². The number of thiocarbonyl (C=S) groups is 1. The van der Waals surface area contributed by atoms with Crippen LogP contribution < -0.4 is 20.1 Å². The maximum absolute atomic E-state index is 12.7. The minimum Gasteiger partial charge on any atom is -0.497 e. The van der Waals surface area contributed by atoms with Crippen LogP contribution >= 0.6 is 35.2 Å². The Labute approximate surface area is 217 Å². The first-order valence-corrected chi connectivity index (χ1v) is 13.4. The zero-order chi connectivity index (χ0) is 25.0. The van der Waals surface area contributed by atoms with Gasteiger partial charge in [-0.3, -0.25) is 10.1 Å². The van der Waals surface area contributed by atoms with Gasteiger partial charge < -0.3 is 10.1 Å². The summed E-state index contributed by atoms with van der Waals surface area (Å²) in [5.74, 6) is 0.220. The monoisotopic (exact) mass is 545 g/mol. The van der Waals surface area contributed by atoms with E-state index in [4.69, 9.17) is 28.6 Å². The smallest absolute Gasteiger partial charge is 0.269 e. The highest BCUT2D eigenvalue weighted by molar-refractivity contribution is 7.89. The highest BCUT2D eigenvalue weighted by Crippen LogP contribution is 2.37. The number of benzene rings is 3. The molecule has 0 atom stereocenters. The lowest BCUT2D eigenvalue weighted by molar-refractivity contribution is 0.0982. The summed E-state index contributed by atoms with van der Waals surface area (Å²) in [5, 5.41) is 6.62.